The van der Waals surface area contributed by atoms with Gasteiger partial charge in [-0.15, -0.1) is 10.2 Å². The lowest BCUT2D eigenvalue weighted by Gasteiger charge is -2.09. The summed E-state index contributed by atoms with van der Waals surface area (Å²) in [5, 5.41) is 9.16. The number of rotatable bonds is 1. The van der Waals surface area contributed by atoms with E-state index in [9.17, 15) is 0 Å². The molecule has 1 aliphatic rings. The molecule has 0 aliphatic carbocycles. The van der Waals surface area contributed by atoms with E-state index in [-0.39, 0.29) is 6.10 Å². The lowest BCUT2D eigenvalue weighted by molar-refractivity contribution is 0.0937. The second-order valence-electron chi connectivity index (χ2n) is 3.04. The third-order valence-electron chi connectivity index (χ3n) is 2.09. The van der Waals surface area contributed by atoms with Gasteiger partial charge in [0.05, 0.1) is 0 Å². The molecule has 0 saturated carbocycles. The van der Waals surface area contributed by atoms with Gasteiger partial charge in [-0.25, -0.2) is 0 Å². The zero-order valence-corrected chi connectivity index (χ0v) is 7.67. The predicted octanol–water partition coefficient (Wildman–Crippen LogP) is 1.22. The third-order valence-corrected chi connectivity index (χ3v) is 2.90. The highest BCUT2D eigenvalue weighted by Gasteiger charge is 2.28. The Labute approximate surface area is 74.8 Å². The van der Waals surface area contributed by atoms with Crippen LogP contribution in [-0.4, -0.2) is 16.8 Å². The van der Waals surface area contributed by atoms with Crippen LogP contribution in [0.15, 0.2) is 0 Å². The maximum atomic E-state index is 5.52. The second kappa shape index (κ2) is 2.99. The molecule has 2 rings (SSSR count). The van der Waals surface area contributed by atoms with E-state index in [0.717, 1.165) is 18.0 Å². The van der Waals surface area contributed by atoms with E-state index in [0.29, 0.717) is 11.0 Å². The number of anilines is 1. The van der Waals surface area contributed by atoms with Crippen molar-refractivity contribution in [2.24, 2.45) is 5.92 Å². The first-order valence-corrected chi connectivity index (χ1v) is 4.79. The maximum absolute atomic E-state index is 5.52. The van der Waals surface area contributed by atoms with Crippen LogP contribution in [0.4, 0.5) is 5.13 Å². The molecule has 12 heavy (non-hydrogen) atoms. The van der Waals surface area contributed by atoms with Crippen molar-refractivity contribution in [1.82, 2.24) is 10.2 Å². The highest BCUT2D eigenvalue weighted by Crippen LogP contribution is 2.35. The molecular formula is C7H11N3OS. The number of hydrogen-bond donors (Lipinski definition) is 1. The first kappa shape index (κ1) is 7.94. The molecule has 2 atom stereocenters. The van der Waals surface area contributed by atoms with E-state index in [1.165, 1.54) is 11.3 Å². The molecule has 1 saturated heterocycles. The van der Waals surface area contributed by atoms with Crippen molar-refractivity contribution in [3.8, 4) is 0 Å². The van der Waals surface area contributed by atoms with Gasteiger partial charge < -0.3 is 10.5 Å². The monoisotopic (exact) mass is 185 g/mol. The van der Waals surface area contributed by atoms with Gasteiger partial charge in [-0.3, -0.25) is 0 Å². The fourth-order valence-corrected chi connectivity index (χ4v) is 2.17. The summed E-state index contributed by atoms with van der Waals surface area (Å²) in [6.07, 6.45) is 1.23. The molecule has 5 heteroatoms. The minimum atomic E-state index is 0.125. The van der Waals surface area contributed by atoms with Gasteiger partial charge in [0.25, 0.3) is 0 Å². The van der Waals surface area contributed by atoms with Gasteiger partial charge in [0, 0.05) is 6.61 Å². The lowest BCUT2D eigenvalue weighted by atomic mass is 10.1. The Kier molecular flexibility index (Phi) is 1.98. The van der Waals surface area contributed by atoms with Crippen molar-refractivity contribution in [1.29, 1.82) is 0 Å². The summed E-state index contributed by atoms with van der Waals surface area (Å²) in [6, 6.07) is 0. The van der Waals surface area contributed by atoms with Crippen molar-refractivity contribution in [3.05, 3.63) is 5.01 Å². The molecule has 0 amide bonds. The molecule has 1 aromatic heterocycles. The van der Waals surface area contributed by atoms with Gasteiger partial charge in [-0.1, -0.05) is 18.3 Å². The van der Waals surface area contributed by atoms with Crippen LogP contribution in [0.5, 0.6) is 0 Å². The Morgan fingerprint density at radius 2 is 2.42 bits per heavy atom. The topological polar surface area (TPSA) is 61.0 Å². The third kappa shape index (κ3) is 1.30. The quantitative estimate of drug-likeness (QED) is 0.714. The lowest BCUT2D eigenvalue weighted by Crippen LogP contribution is -2.02. The molecule has 66 valence electrons. The summed E-state index contributed by atoms with van der Waals surface area (Å²) >= 11 is 1.42. The van der Waals surface area contributed by atoms with Crippen LogP contribution in [0.3, 0.4) is 0 Å². The van der Waals surface area contributed by atoms with Gasteiger partial charge >= 0.3 is 0 Å². The van der Waals surface area contributed by atoms with E-state index in [2.05, 4.69) is 17.1 Å². The Bertz CT molecular complexity index is 275. The number of nitrogen functional groups attached to an aromatic ring is 1. The number of hydrogen-bond acceptors (Lipinski definition) is 5. The molecule has 2 unspecified atom stereocenters. The van der Waals surface area contributed by atoms with Gasteiger partial charge in [-0.2, -0.15) is 0 Å². The summed E-state index contributed by atoms with van der Waals surface area (Å²) in [4.78, 5) is 0. The molecule has 0 bridgehead atoms. The van der Waals surface area contributed by atoms with Gasteiger partial charge in [0.1, 0.15) is 11.1 Å². The van der Waals surface area contributed by atoms with Crippen LogP contribution < -0.4 is 5.73 Å². The first-order valence-electron chi connectivity index (χ1n) is 3.98. The molecule has 4 nitrogen and oxygen atoms in total. The zero-order valence-electron chi connectivity index (χ0n) is 6.86. The highest BCUT2D eigenvalue weighted by atomic mass is 32.1. The van der Waals surface area contributed by atoms with Crippen molar-refractivity contribution < 1.29 is 4.74 Å². The average Bonchev–Trinajstić information content (AvgIpc) is 2.58. The molecule has 0 radical (unpaired) electrons. The van der Waals surface area contributed by atoms with Crippen LogP contribution in [0, 0.1) is 5.92 Å². The van der Waals surface area contributed by atoms with E-state index < -0.39 is 0 Å². The van der Waals surface area contributed by atoms with Crippen LogP contribution in [0.25, 0.3) is 0 Å². The van der Waals surface area contributed by atoms with E-state index in [1.54, 1.807) is 0 Å². The standard InChI is InChI=1S/C7H11N3OS/c1-4-2-3-11-5(4)6-9-10-7(8)12-6/h4-5H,2-3H2,1H3,(H2,8,10). The Hall–Kier alpha value is -0.680. The van der Waals surface area contributed by atoms with Crippen molar-refractivity contribution in [3.63, 3.8) is 0 Å². The smallest absolute Gasteiger partial charge is 0.203 e. The summed E-state index contributed by atoms with van der Waals surface area (Å²) in [5.41, 5.74) is 5.48. The van der Waals surface area contributed by atoms with Crippen molar-refractivity contribution in [2.45, 2.75) is 19.4 Å². The average molecular weight is 185 g/mol. The summed E-state index contributed by atoms with van der Waals surface area (Å²) < 4.78 is 5.52. The maximum Gasteiger partial charge on any atom is 0.203 e. The zero-order chi connectivity index (χ0) is 8.55. The van der Waals surface area contributed by atoms with Crippen LogP contribution in [0.1, 0.15) is 24.5 Å². The van der Waals surface area contributed by atoms with Gasteiger partial charge in [0.2, 0.25) is 5.13 Å². The molecule has 0 spiro atoms. The number of nitrogens with zero attached hydrogens (tertiary/aromatic N) is 2. The fraction of sp³-hybridized carbons (Fsp3) is 0.714. The number of nitrogens with two attached hydrogens (primary N) is 1. The molecular weight excluding hydrogens is 174 g/mol. The van der Waals surface area contributed by atoms with E-state index in [4.69, 9.17) is 10.5 Å². The predicted molar refractivity (Wildman–Crippen MR) is 46.8 cm³/mol. The van der Waals surface area contributed by atoms with Crippen LogP contribution in [0.2, 0.25) is 0 Å². The minimum Gasteiger partial charge on any atom is -0.374 e. The molecule has 1 aromatic rings. The minimum absolute atomic E-state index is 0.125. The number of ether oxygens (including phenoxy) is 1. The number of aromatic nitrogens is 2. The largest absolute Gasteiger partial charge is 0.374 e. The van der Waals surface area contributed by atoms with E-state index >= 15 is 0 Å². The van der Waals surface area contributed by atoms with Crippen molar-refractivity contribution in [2.75, 3.05) is 12.3 Å². The SMILES string of the molecule is CC1CCOC1c1nnc(N)s1. The molecule has 2 N–H and O–H groups in total. The summed E-state index contributed by atoms with van der Waals surface area (Å²) in [6.45, 7) is 2.99. The Balaban J connectivity index is 2.19. The van der Waals surface area contributed by atoms with Crippen LogP contribution in [-0.2, 0) is 4.74 Å². The summed E-state index contributed by atoms with van der Waals surface area (Å²) in [5.74, 6) is 0.539. The van der Waals surface area contributed by atoms with Gasteiger partial charge in [0.15, 0.2) is 0 Å². The molecule has 0 aromatic carbocycles. The summed E-state index contributed by atoms with van der Waals surface area (Å²) in [7, 11) is 0. The Morgan fingerprint density at radius 3 is 2.92 bits per heavy atom. The van der Waals surface area contributed by atoms with Gasteiger partial charge in [-0.05, 0) is 12.3 Å². The second-order valence-corrected chi connectivity index (χ2v) is 4.08. The molecule has 1 aliphatic heterocycles. The molecule has 2 heterocycles. The van der Waals surface area contributed by atoms with Crippen molar-refractivity contribution >= 4 is 16.5 Å². The Morgan fingerprint density at radius 1 is 1.58 bits per heavy atom. The van der Waals surface area contributed by atoms with Crippen LogP contribution >= 0.6 is 11.3 Å². The highest BCUT2D eigenvalue weighted by molar-refractivity contribution is 7.15. The fourth-order valence-electron chi connectivity index (χ4n) is 1.37. The first-order chi connectivity index (χ1) is 5.77. The normalized spacial score (nSPS) is 29.4. The molecule has 1 fully saturated rings. The van der Waals surface area contributed by atoms with E-state index in [1.807, 2.05) is 0 Å².